The number of fused-ring (bicyclic) bond motifs is 1. The number of aromatic amines is 1. The van der Waals surface area contributed by atoms with Crippen LogP contribution in [0.25, 0.3) is 0 Å². The highest BCUT2D eigenvalue weighted by Gasteiger charge is 2.40. The predicted octanol–water partition coefficient (Wildman–Crippen LogP) is 2.90. The molecular formula is C18H24N4O. The topological polar surface area (TPSA) is 75.0 Å². The van der Waals surface area contributed by atoms with E-state index in [2.05, 4.69) is 46.9 Å². The van der Waals surface area contributed by atoms with Crippen LogP contribution < -0.4 is 10.6 Å². The Morgan fingerprint density at radius 1 is 1.35 bits per heavy atom. The quantitative estimate of drug-likeness (QED) is 0.861. The number of hydrogen-bond donors (Lipinski definition) is 2. The Hall–Kier alpha value is -2.30. The minimum absolute atomic E-state index is 0.0375. The van der Waals surface area contributed by atoms with Crippen molar-refractivity contribution in [2.24, 2.45) is 5.73 Å². The number of carbonyl (C=O) groups excluding carboxylic acids is 1. The zero-order valence-electron chi connectivity index (χ0n) is 13.7. The van der Waals surface area contributed by atoms with Crippen molar-refractivity contribution >= 4 is 11.6 Å². The fraction of sp³-hybridized carbons (Fsp3) is 0.444. The molecule has 2 aromatic rings. The first kappa shape index (κ1) is 15.6. The van der Waals surface area contributed by atoms with Crippen molar-refractivity contribution in [1.82, 2.24) is 9.97 Å². The lowest BCUT2D eigenvalue weighted by atomic mass is 9.92. The Morgan fingerprint density at radius 3 is 2.83 bits per heavy atom. The van der Waals surface area contributed by atoms with Crippen LogP contribution >= 0.6 is 0 Å². The van der Waals surface area contributed by atoms with Gasteiger partial charge in [0.1, 0.15) is 5.82 Å². The minimum atomic E-state index is -0.318. The third-order valence-corrected chi connectivity index (χ3v) is 4.58. The van der Waals surface area contributed by atoms with Crippen LogP contribution in [0.3, 0.4) is 0 Å². The van der Waals surface area contributed by atoms with Crippen LogP contribution in [0.15, 0.2) is 30.5 Å². The van der Waals surface area contributed by atoms with Crippen LogP contribution in [0.1, 0.15) is 55.7 Å². The molecule has 0 saturated carbocycles. The fourth-order valence-corrected chi connectivity index (χ4v) is 3.66. The van der Waals surface area contributed by atoms with Gasteiger partial charge in [-0.3, -0.25) is 4.79 Å². The zero-order valence-corrected chi connectivity index (χ0v) is 13.7. The van der Waals surface area contributed by atoms with E-state index in [-0.39, 0.29) is 18.5 Å². The molecule has 5 heteroatoms. The van der Waals surface area contributed by atoms with E-state index in [0.29, 0.717) is 5.92 Å². The standard InChI is InChI=1S/C18H24N4O/c1-3-7-12-10-20-18(21-12)17-13(4-2)14-8-5-6-9-15(14)22(17)11-16(19)23/h5-6,8-10,13,17H,3-4,7,11H2,1-2H3,(H2,19,23)(H,20,21). The van der Waals surface area contributed by atoms with Crippen LogP contribution in [-0.2, 0) is 11.2 Å². The van der Waals surface area contributed by atoms with Gasteiger partial charge in [-0.1, -0.05) is 38.5 Å². The van der Waals surface area contributed by atoms with Gasteiger partial charge in [0.25, 0.3) is 0 Å². The zero-order chi connectivity index (χ0) is 16.4. The van der Waals surface area contributed by atoms with Crippen molar-refractivity contribution in [3.63, 3.8) is 0 Å². The molecule has 2 atom stereocenters. The first-order chi connectivity index (χ1) is 11.2. The molecule has 5 nitrogen and oxygen atoms in total. The van der Waals surface area contributed by atoms with Gasteiger partial charge < -0.3 is 15.6 Å². The molecule has 1 aliphatic heterocycles. The molecule has 1 aliphatic rings. The average molecular weight is 312 g/mol. The predicted molar refractivity (Wildman–Crippen MR) is 91.3 cm³/mol. The number of primary amides is 1. The van der Waals surface area contributed by atoms with E-state index in [1.807, 2.05) is 12.3 Å². The van der Waals surface area contributed by atoms with E-state index in [1.165, 1.54) is 5.56 Å². The van der Waals surface area contributed by atoms with Gasteiger partial charge in [-0.2, -0.15) is 0 Å². The Kier molecular flexibility index (Phi) is 4.37. The van der Waals surface area contributed by atoms with Crippen LogP contribution in [0.2, 0.25) is 0 Å². The molecule has 122 valence electrons. The number of para-hydroxylation sites is 1. The van der Waals surface area contributed by atoms with E-state index in [0.717, 1.165) is 36.5 Å². The van der Waals surface area contributed by atoms with E-state index in [1.54, 1.807) is 0 Å². The molecule has 0 aliphatic carbocycles. The summed E-state index contributed by atoms with van der Waals surface area (Å²) in [5, 5.41) is 0. The van der Waals surface area contributed by atoms with Gasteiger partial charge in [0.15, 0.2) is 0 Å². The van der Waals surface area contributed by atoms with Gasteiger partial charge in [0, 0.05) is 23.5 Å². The molecule has 1 aromatic heterocycles. The minimum Gasteiger partial charge on any atom is -0.368 e. The van der Waals surface area contributed by atoms with E-state index >= 15 is 0 Å². The highest BCUT2D eigenvalue weighted by molar-refractivity contribution is 5.81. The second kappa shape index (κ2) is 6.44. The number of nitrogens with two attached hydrogens (primary N) is 1. The van der Waals surface area contributed by atoms with Gasteiger partial charge in [-0.05, 0) is 24.5 Å². The summed E-state index contributed by atoms with van der Waals surface area (Å²) in [5.41, 5.74) is 9.01. The van der Waals surface area contributed by atoms with E-state index in [9.17, 15) is 4.79 Å². The van der Waals surface area contributed by atoms with Crippen molar-refractivity contribution in [2.75, 3.05) is 11.4 Å². The van der Waals surface area contributed by atoms with Crippen molar-refractivity contribution in [3.8, 4) is 0 Å². The van der Waals surface area contributed by atoms with E-state index in [4.69, 9.17) is 5.73 Å². The third-order valence-electron chi connectivity index (χ3n) is 4.58. The van der Waals surface area contributed by atoms with Crippen molar-refractivity contribution < 1.29 is 4.79 Å². The molecule has 1 amide bonds. The first-order valence-electron chi connectivity index (χ1n) is 8.33. The lowest BCUT2D eigenvalue weighted by molar-refractivity contribution is -0.116. The number of carbonyl (C=O) groups is 1. The van der Waals surface area contributed by atoms with Gasteiger partial charge in [0.2, 0.25) is 5.91 Å². The first-order valence-corrected chi connectivity index (χ1v) is 8.33. The molecular weight excluding hydrogens is 288 g/mol. The maximum Gasteiger partial charge on any atom is 0.236 e. The Morgan fingerprint density at radius 2 is 2.13 bits per heavy atom. The van der Waals surface area contributed by atoms with Crippen molar-refractivity contribution in [1.29, 1.82) is 0 Å². The summed E-state index contributed by atoms with van der Waals surface area (Å²) < 4.78 is 0. The molecule has 2 heterocycles. The van der Waals surface area contributed by atoms with E-state index < -0.39 is 0 Å². The van der Waals surface area contributed by atoms with Crippen molar-refractivity contribution in [3.05, 3.63) is 47.5 Å². The molecule has 3 N–H and O–H groups in total. The fourth-order valence-electron chi connectivity index (χ4n) is 3.66. The third kappa shape index (κ3) is 2.83. The molecule has 3 rings (SSSR count). The molecule has 0 saturated heterocycles. The highest BCUT2D eigenvalue weighted by Crippen LogP contribution is 2.49. The number of anilines is 1. The SMILES string of the molecule is CCCc1cnc(C2C(CC)c3ccccc3N2CC(N)=O)[nH]1. The van der Waals surface area contributed by atoms with Crippen LogP contribution in [0.4, 0.5) is 5.69 Å². The van der Waals surface area contributed by atoms with Gasteiger partial charge in [0.05, 0.1) is 12.6 Å². The van der Waals surface area contributed by atoms with Crippen LogP contribution in [0.5, 0.6) is 0 Å². The Labute approximate surface area is 136 Å². The largest absolute Gasteiger partial charge is 0.368 e. The number of aryl methyl sites for hydroxylation is 1. The van der Waals surface area contributed by atoms with Crippen molar-refractivity contribution in [2.45, 2.75) is 45.1 Å². The number of nitrogens with one attached hydrogen (secondary N) is 1. The molecule has 23 heavy (non-hydrogen) atoms. The summed E-state index contributed by atoms with van der Waals surface area (Å²) >= 11 is 0. The number of amides is 1. The molecule has 0 fully saturated rings. The van der Waals surface area contributed by atoms with Gasteiger partial charge in [-0.25, -0.2) is 4.98 Å². The molecule has 0 spiro atoms. The lowest BCUT2D eigenvalue weighted by Crippen LogP contribution is -2.36. The second-order valence-corrected chi connectivity index (χ2v) is 6.16. The maximum atomic E-state index is 11.6. The summed E-state index contributed by atoms with van der Waals surface area (Å²) in [6.07, 6.45) is 4.96. The molecule has 0 bridgehead atoms. The molecule has 1 aromatic carbocycles. The second-order valence-electron chi connectivity index (χ2n) is 6.16. The normalized spacial score (nSPS) is 19.8. The van der Waals surface area contributed by atoms with Crippen LogP contribution in [-0.4, -0.2) is 22.4 Å². The summed E-state index contributed by atoms with van der Waals surface area (Å²) in [6.45, 7) is 4.54. The number of imidazole rings is 1. The maximum absolute atomic E-state index is 11.6. The highest BCUT2D eigenvalue weighted by atomic mass is 16.1. The van der Waals surface area contributed by atoms with Crippen LogP contribution in [0, 0.1) is 0 Å². The average Bonchev–Trinajstić information content (AvgIpc) is 3.10. The number of benzene rings is 1. The molecule has 2 unspecified atom stereocenters. The Balaban J connectivity index is 2.02. The number of hydrogen-bond acceptors (Lipinski definition) is 3. The van der Waals surface area contributed by atoms with Gasteiger partial charge in [-0.15, -0.1) is 0 Å². The number of nitrogens with zero attached hydrogens (tertiary/aromatic N) is 2. The monoisotopic (exact) mass is 312 g/mol. The smallest absolute Gasteiger partial charge is 0.236 e. The lowest BCUT2D eigenvalue weighted by Gasteiger charge is -2.27. The summed E-state index contributed by atoms with van der Waals surface area (Å²) in [5.74, 6) is 0.922. The summed E-state index contributed by atoms with van der Waals surface area (Å²) in [4.78, 5) is 21.8. The Bertz CT molecular complexity index is 694. The number of rotatable bonds is 6. The molecule has 0 radical (unpaired) electrons. The van der Waals surface area contributed by atoms with Gasteiger partial charge >= 0.3 is 0 Å². The number of aromatic nitrogens is 2. The summed E-state index contributed by atoms with van der Waals surface area (Å²) in [7, 11) is 0. The number of H-pyrrole nitrogens is 1. The summed E-state index contributed by atoms with van der Waals surface area (Å²) in [6, 6.07) is 8.31.